The summed E-state index contributed by atoms with van der Waals surface area (Å²) < 4.78 is 0. The fourth-order valence-corrected chi connectivity index (χ4v) is 0.294. The molecule has 0 aliphatic carbocycles. The zero-order valence-corrected chi connectivity index (χ0v) is 8.14. The van der Waals surface area contributed by atoms with Crippen LogP contribution in [0, 0.1) is 0 Å². The van der Waals surface area contributed by atoms with Crippen LogP contribution >= 0.6 is 0 Å². The maximum absolute atomic E-state index is 9.83. The van der Waals surface area contributed by atoms with Crippen LogP contribution in [-0.2, 0) is 14.4 Å². The molecule has 6 nitrogen and oxygen atoms in total. The van der Waals surface area contributed by atoms with Gasteiger partial charge in [0.2, 0.25) is 0 Å². The van der Waals surface area contributed by atoms with Crippen LogP contribution in [-0.4, -0.2) is 33.2 Å². The Bertz CT molecular complexity index is 273. The van der Waals surface area contributed by atoms with Crippen LogP contribution < -0.4 is 0 Å². The summed E-state index contributed by atoms with van der Waals surface area (Å²) >= 11 is 0. The standard InChI is InChI=1S/C5H8O2.C4H4O4/c1-3-4(2)5(6)7;5-3(6)1-2-4(7)8/h2-3H2,1H3,(H,6,7);1-2H,(H,5,6)(H,7,8)/b;2-1+. The predicted molar refractivity (Wildman–Crippen MR) is 51.5 cm³/mol. The van der Waals surface area contributed by atoms with Gasteiger partial charge in [-0.05, 0) is 6.42 Å². The average molecular weight is 216 g/mol. The van der Waals surface area contributed by atoms with Gasteiger partial charge in [-0.1, -0.05) is 13.5 Å². The summed E-state index contributed by atoms with van der Waals surface area (Å²) in [6.45, 7) is 5.03. The van der Waals surface area contributed by atoms with E-state index in [-0.39, 0.29) is 5.57 Å². The number of hydrogen-bond donors (Lipinski definition) is 3. The first-order valence-electron chi connectivity index (χ1n) is 3.86. The van der Waals surface area contributed by atoms with Crippen molar-refractivity contribution in [2.24, 2.45) is 0 Å². The maximum Gasteiger partial charge on any atom is 0.330 e. The molecule has 0 aliphatic rings. The average Bonchev–Trinajstić information content (AvgIpc) is 2.14. The molecule has 0 unspecified atom stereocenters. The second kappa shape index (κ2) is 8.49. The van der Waals surface area contributed by atoms with Crippen molar-refractivity contribution in [1.82, 2.24) is 0 Å². The number of carbonyl (C=O) groups is 3. The highest BCUT2D eigenvalue weighted by atomic mass is 16.4. The first-order valence-corrected chi connectivity index (χ1v) is 3.86. The molecular formula is C9H12O6. The van der Waals surface area contributed by atoms with Crippen LogP contribution in [0.5, 0.6) is 0 Å². The van der Waals surface area contributed by atoms with Gasteiger partial charge >= 0.3 is 17.9 Å². The molecule has 6 heteroatoms. The van der Waals surface area contributed by atoms with Gasteiger partial charge in [-0.2, -0.15) is 0 Å². The summed E-state index contributed by atoms with van der Waals surface area (Å²) in [6.07, 6.45) is 1.64. The minimum Gasteiger partial charge on any atom is -0.478 e. The van der Waals surface area contributed by atoms with E-state index in [4.69, 9.17) is 15.3 Å². The zero-order valence-electron chi connectivity index (χ0n) is 8.14. The van der Waals surface area contributed by atoms with E-state index in [1.54, 1.807) is 6.92 Å². The monoisotopic (exact) mass is 216 g/mol. The fraction of sp³-hybridized carbons (Fsp3) is 0.222. The van der Waals surface area contributed by atoms with Crippen LogP contribution in [0.4, 0.5) is 0 Å². The van der Waals surface area contributed by atoms with Crippen LogP contribution in [0.25, 0.3) is 0 Å². The highest BCUT2D eigenvalue weighted by Gasteiger charge is 1.96. The first-order chi connectivity index (χ1) is 6.81. The first kappa shape index (κ1) is 15.4. The molecule has 0 aromatic carbocycles. The van der Waals surface area contributed by atoms with Crippen molar-refractivity contribution in [2.75, 3.05) is 0 Å². The Morgan fingerprint density at radius 2 is 1.40 bits per heavy atom. The normalized spacial score (nSPS) is 8.87. The van der Waals surface area contributed by atoms with E-state index in [9.17, 15) is 14.4 Å². The Balaban J connectivity index is 0. The molecule has 0 radical (unpaired) electrons. The molecule has 0 bridgehead atoms. The molecule has 3 N–H and O–H groups in total. The van der Waals surface area contributed by atoms with Crippen molar-refractivity contribution in [1.29, 1.82) is 0 Å². The molecule has 0 aromatic rings. The second-order valence-electron chi connectivity index (χ2n) is 2.27. The van der Waals surface area contributed by atoms with Crippen LogP contribution in [0.15, 0.2) is 24.3 Å². The lowest BCUT2D eigenvalue weighted by Gasteiger charge is -1.87. The van der Waals surface area contributed by atoms with E-state index in [0.29, 0.717) is 18.6 Å². The lowest BCUT2D eigenvalue weighted by Crippen LogP contribution is -1.95. The van der Waals surface area contributed by atoms with Gasteiger partial charge in [0.1, 0.15) is 0 Å². The molecule has 0 aromatic heterocycles. The molecule has 0 amide bonds. The quantitative estimate of drug-likeness (QED) is 0.598. The van der Waals surface area contributed by atoms with E-state index in [0.717, 1.165) is 0 Å². The van der Waals surface area contributed by atoms with E-state index < -0.39 is 17.9 Å². The van der Waals surface area contributed by atoms with Gasteiger partial charge < -0.3 is 15.3 Å². The van der Waals surface area contributed by atoms with Gasteiger partial charge in [0, 0.05) is 17.7 Å². The Morgan fingerprint density at radius 1 is 1.07 bits per heavy atom. The van der Waals surface area contributed by atoms with Gasteiger partial charge in [-0.3, -0.25) is 0 Å². The Kier molecular flexibility index (Phi) is 8.69. The Labute approximate surface area is 86.2 Å². The third kappa shape index (κ3) is 14.7. The van der Waals surface area contributed by atoms with E-state index in [1.165, 1.54) is 0 Å². The molecule has 0 aliphatic heterocycles. The number of hydrogen-bond acceptors (Lipinski definition) is 3. The largest absolute Gasteiger partial charge is 0.478 e. The van der Waals surface area contributed by atoms with E-state index in [1.807, 2.05) is 0 Å². The topological polar surface area (TPSA) is 112 Å². The van der Waals surface area contributed by atoms with Crippen LogP contribution in [0.2, 0.25) is 0 Å². The molecule has 0 fully saturated rings. The summed E-state index contributed by atoms with van der Waals surface area (Å²) in [5, 5.41) is 23.7. The fourth-order valence-electron chi connectivity index (χ4n) is 0.294. The second-order valence-corrected chi connectivity index (χ2v) is 2.27. The molecule has 15 heavy (non-hydrogen) atoms. The summed E-state index contributed by atoms with van der Waals surface area (Å²) in [4.78, 5) is 28.9. The minimum absolute atomic E-state index is 0.264. The van der Waals surface area contributed by atoms with Crippen molar-refractivity contribution in [3.63, 3.8) is 0 Å². The molecule has 0 saturated carbocycles. The van der Waals surface area contributed by atoms with Gasteiger partial charge in [0.05, 0.1) is 0 Å². The Hall–Kier alpha value is -2.11. The Morgan fingerprint density at radius 3 is 1.47 bits per heavy atom. The highest BCUT2D eigenvalue weighted by molar-refractivity contribution is 5.89. The molecule has 0 saturated heterocycles. The number of rotatable bonds is 4. The van der Waals surface area contributed by atoms with Crippen LogP contribution in [0.3, 0.4) is 0 Å². The van der Waals surface area contributed by atoms with Gasteiger partial charge in [-0.15, -0.1) is 0 Å². The molecule has 84 valence electrons. The molecular weight excluding hydrogens is 204 g/mol. The highest BCUT2D eigenvalue weighted by Crippen LogP contribution is 1.93. The van der Waals surface area contributed by atoms with Gasteiger partial charge in [-0.25, -0.2) is 14.4 Å². The predicted octanol–water partition coefficient (Wildman–Crippen LogP) is 0.749. The van der Waals surface area contributed by atoms with Gasteiger partial charge in [0.15, 0.2) is 0 Å². The SMILES string of the molecule is C=C(CC)C(=O)O.O=C(O)/C=C/C(=O)O. The summed E-state index contributed by atoms with van der Waals surface area (Å²) in [6, 6.07) is 0. The number of carboxylic acids is 3. The minimum atomic E-state index is -1.26. The summed E-state index contributed by atoms with van der Waals surface area (Å²) in [5.74, 6) is -3.41. The lowest BCUT2D eigenvalue weighted by atomic mass is 10.2. The van der Waals surface area contributed by atoms with Crippen molar-refractivity contribution >= 4 is 17.9 Å². The smallest absolute Gasteiger partial charge is 0.330 e. The van der Waals surface area contributed by atoms with Crippen molar-refractivity contribution in [2.45, 2.75) is 13.3 Å². The number of carboxylic acid groups (broad SMARTS) is 3. The van der Waals surface area contributed by atoms with E-state index >= 15 is 0 Å². The molecule has 0 heterocycles. The number of aliphatic carboxylic acids is 3. The molecule has 0 atom stereocenters. The summed E-state index contributed by atoms with van der Waals surface area (Å²) in [5.41, 5.74) is 0.264. The third-order valence-corrected chi connectivity index (χ3v) is 1.10. The molecule has 0 spiro atoms. The van der Waals surface area contributed by atoms with Crippen molar-refractivity contribution < 1.29 is 29.7 Å². The van der Waals surface area contributed by atoms with Crippen LogP contribution in [0.1, 0.15) is 13.3 Å². The molecule has 0 rings (SSSR count). The van der Waals surface area contributed by atoms with E-state index in [2.05, 4.69) is 6.58 Å². The summed E-state index contributed by atoms with van der Waals surface area (Å²) in [7, 11) is 0. The van der Waals surface area contributed by atoms with Crippen molar-refractivity contribution in [3.8, 4) is 0 Å². The van der Waals surface area contributed by atoms with Crippen molar-refractivity contribution in [3.05, 3.63) is 24.3 Å². The lowest BCUT2D eigenvalue weighted by molar-refractivity contribution is -0.134. The zero-order chi connectivity index (χ0) is 12.4. The van der Waals surface area contributed by atoms with Gasteiger partial charge in [0.25, 0.3) is 0 Å². The maximum atomic E-state index is 9.83. The third-order valence-electron chi connectivity index (χ3n) is 1.10.